The number of fused-ring (bicyclic) bond motifs is 1. The molecule has 2 aliphatic heterocycles. The molecule has 0 aliphatic carbocycles. The minimum Gasteiger partial charge on any atom is -0.366 e. The van der Waals surface area contributed by atoms with Crippen molar-refractivity contribution in [2.75, 3.05) is 44.2 Å². The molecule has 0 N–H and O–H groups in total. The fourth-order valence-electron chi connectivity index (χ4n) is 5.85. The molecule has 2 fully saturated rings. The van der Waals surface area contributed by atoms with Gasteiger partial charge in [-0.3, -0.25) is 14.3 Å². The predicted octanol–water partition coefficient (Wildman–Crippen LogP) is 5.63. The molecule has 2 saturated heterocycles. The molecule has 0 radical (unpaired) electrons. The molecule has 0 spiro atoms. The number of likely N-dealkylation sites (tertiary alicyclic amines) is 1. The second-order valence-electron chi connectivity index (χ2n) is 10.3. The van der Waals surface area contributed by atoms with Gasteiger partial charge in [-0.25, -0.2) is 13.8 Å². The monoisotopic (exact) mass is 593 g/mol. The zero-order valence-electron chi connectivity index (χ0n) is 21.6. The fraction of sp³-hybridized carbons (Fsp3) is 0.333. The van der Waals surface area contributed by atoms with Crippen molar-refractivity contribution in [3.8, 4) is 5.69 Å². The van der Waals surface area contributed by atoms with E-state index in [-0.39, 0.29) is 11.8 Å². The lowest BCUT2D eigenvalue weighted by Gasteiger charge is -2.39. The number of anilines is 1. The SMILES string of the molecule is O=C([C@H]1CCCN(Cc2nc3ccccc3n2-c2cccc(Br)c2)C1)N1CCN(c2ccc(F)cc2F)CC1. The topological polar surface area (TPSA) is 44.6 Å². The minimum atomic E-state index is -0.584. The molecule has 0 saturated carbocycles. The summed E-state index contributed by atoms with van der Waals surface area (Å²) in [5.41, 5.74) is 3.45. The van der Waals surface area contributed by atoms with Gasteiger partial charge in [0, 0.05) is 49.0 Å². The molecule has 1 amide bonds. The lowest BCUT2D eigenvalue weighted by atomic mass is 9.96. The van der Waals surface area contributed by atoms with Crippen LogP contribution in [0.25, 0.3) is 16.7 Å². The number of nitrogens with zero attached hydrogens (tertiary/aromatic N) is 5. The smallest absolute Gasteiger partial charge is 0.227 e. The standard InChI is InChI=1S/C30H30BrF2N5O/c31-22-6-3-7-24(17-22)38-28-9-2-1-8-26(28)34-29(38)20-35-12-4-5-21(19-35)30(39)37-15-13-36(14-16-37)27-11-10-23(32)18-25(27)33/h1-3,6-11,17-18,21H,4-5,12-16,19-20H2/t21-/m0/s1. The van der Waals surface area contributed by atoms with Gasteiger partial charge in [-0.05, 0) is 61.9 Å². The molecule has 1 aromatic heterocycles. The molecule has 4 aromatic rings. The number of halogens is 3. The summed E-state index contributed by atoms with van der Waals surface area (Å²) in [6.45, 7) is 4.39. The predicted molar refractivity (Wildman–Crippen MR) is 152 cm³/mol. The summed E-state index contributed by atoms with van der Waals surface area (Å²) >= 11 is 3.60. The Morgan fingerprint density at radius 1 is 0.949 bits per heavy atom. The summed E-state index contributed by atoms with van der Waals surface area (Å²) in [6, 6.07) is 20.0. The first kappa shape index (κ1) is 26.0. The van der Waals surface area contributed by atoms with Crippen LogP contribution in [0.15, 0.2) is 71.2 Å². The summed E-state index contributed by atoms with van der Waals surface area (Å²) < 4.78 is 30.8. The largest absolute Gasteiger partial charge is 0.366 e. The van der Waals surface area contributed by atoms with Crippen molar-refractivity contribution in [1.29, 1.82) is 0 Å². The minimum absolute atomic E-state index is 0.0726. The third-order valence-electron chi connectivity index (χ3n) is 7.76. The van der Waals surface area contributed by atoms with Gasteiger partial charge in [-0.1, -0.05) is 34.1 Å². The van der Waals surface area contributed by atoms with Gasteiger partial charge in [0.25, 0.3) is 0 Å². The van der Waals surface area contributed by atoms with E-state index in [0.717, 1.165) is 52.5 Å². The van der Waals surface area contributed by atoms with Gasteiger partial charge in [0.05, 0.1) is 29.2 Å². The Bertz CT molecular complexity index is 1500. The maximum absolute atomic E-state index is 14.3. The molecule has 9 heteroatoms. The number of aromatic nitrogens is 2. The molecule has 1 atom stereocenters. The highest BCUT2D eigenvalue weighted by atomic mass is 79.9. The van der Waals surface area contributed by atoms with E-state index in [2.05, 4.69) is 43.6 Å². The van der Waals surface area contributed by atoms with E-state index in [1.165, 1.54) is 12.1 Å². The lowest BCUT2D eigenvalue weighted by molar-refractivity contribution is -0.137. The first-order valence-corrected chi connectivity index (χ1v) is 14.2. The molecule has 6 nitrogen and oxygen atoms in total. The van der Waals surface area contributed by atoms with Gasteiger partial charge < -0.3 is 9.80 Å². The van der Waals surface area contributed by atoms with E-state index in [9.17, 15) is 13.6 Å². The number of piperazine rings is 1. The molecule has 3 aromatic carbocycles. The number of carbonyl (C=O) groups is 1. The highest BCUT2D eigenvalue weighted by Gasteiger charge is 2.32. The van der Waals surface area contributed by atoms with Crippen LogP contribution in [0.1, 0.15) is 18.7 Å². The van der Waals surface area contributed by atoms with Crippen LogP contribution in [-0.2, 0) is 11.3 Å². The molecule has 39 heavy (non-hydrogen) atoms. The summed E-state index contributed by atoms with van der Waals surface area (Å²) in [6.07, 6.45) is 1.82. The van der Waals surface area contributed by atoms with E-state index >= 15 is 0 Å². The van der Waals surface area contributed by atoms with E-state index in [1.807, 2.05) is 40.1 Å². The van der Waals surface area contributed by atoms with E-state index < -0.39 is 11.6 Å². The van der Waals surface area contributed by atoms with Crippen LogP contribution in [0.5, 0.6) is 0 Å². The Labute approximate surface area is 235 Å². The number of carbonyl (C=O) groups excluding carboxylic acids is 1. The lowest BCUT2D eigenvalue weighted by Crippen LogP contribution is -2.52. The summed E-state index contributed by atoms with van der Waals surface area (Å²) in [5.74, 6) is -0.0981. The quantitative estimate of drug-likeness (QED) is 0.301. The molecule has 3 heterocycles. The Hall–Kier alpha value is -3.30. The Morgan fingerprint density at radius 3 is 2.56 bits per heavy atom. The number of benzene rings is 3. The Kier molecular flexibility index (Phi) is 7.36. The molecule has 0 bridgehead atoms. The van der Waals surface area contributed by atoms with Crippen molar-refractivity contribution in [3.05, 3.63) is 88.7 Å². The molecular weight excluding hydrogens is 564 g/mol. The number of imidazole rings is 1. The van der Waals surface area contributed by atoms with Crippen molar-refractivity contribution in [2.45, 2.75) is 19.4 Å². The average Bonchev–Trinajstić information content (AvgIpc) is 3.31. The van der Waals surface area contributed by atoms with Crippen LogP contribution in [0.3, 0.4) is 0 Å². The summed E-state index contributed by atoms with van der Waals surface area (Å²) in [7, 11) is 0. The van der Waals surface area contributed by atoms with Crippen molar-refractivity contribution >= 4 is 38.6 Å². The van der Waals surface area contributed by atoms with E-state index in [0.29, 0.717) is 45.0 Å². The number of rotatable bonds is 5. The van der Waals surface area contributed by atoms with E-state index in [1.54, 1.807) is 0 Å². The molecule has 0 unspecified atom stereocenters. The number of para-hydroxylation sites is 2. The van der Waals surface area contributed by atoms with Crippen LogP contribution in [-0.4, -0.2) is 64.5 Å². The molecule has 6 rings (SSSR count). The first-order chi connectivity index (χ1) is 19.0. The second-order valence-corrected chi connectivity index (χ2v) is 11.2. The summed E-state index contributed by atoms with van der Waals surface area (Å²) in [5, 5.41) is 0. The number of hydrogen-bond acceptors (Lipinski definition) is 4. The van der Waals surface area contributed by atoms with Crippen molar-refractivity contribution in [2.24, 2.45) is 5.92 Å². The number of hydrogen-bond donors (Lipinski definition) is 0. The van der Waals surface area contributed by atoms with Crippen molar-refractivity contribution in [1.82, 2.24) is 19.4 Å². The van der Waals surface area contributed by atoms with Crippen LogP contribution in [0.2, 0.25) is 0 Å². The Balaban J connectivity index is 1.14. The van der Waals surface area contributed by atoms with Gasteiger partial charge in [-0.2, -0.15) is 0 Å². The molecule has 202 valence electrons. The zero-order chi connectivity index (χ0) is 26.9. The molecular formula is C30H30BrF2N5O. The van der Waals surface area contributed by atoms with Gasteiger partial charge >= 0.3 is 0 Å². The average molecular weight is 595 g/mol. The van der Waals surface area contributed by atoms with Gasteiger partial charge in [0.2, 0.25) is 5.91 Å². The van der Waals surface area contributed by atoms with Crippen molar-refractivity contribution in [3.63, 3.8) is 0 Å². The van der Waals surface area contributed by atoms with Crippen LogP contribution < -0.4 is 4.90 Å². The maximum Gasteiger partial charge on any atom is 0.227 e. The number of piperidine rings is 1. The van der Waals surface area contributed by atoms with Crippen LogP contribution in [0, 0.1) is 17.6 Å². The first-order valence-electron chi connectivity index (χ1n) is 13.4. The van der Waals surface area contributed by atoms with E-state index in [4.69, 9.17) is 4.98 Å². The summed E-state index contributed by atoms with van der Waals surface area (Å²) in [4.78, 5) is 24.6. The van der Waals surface area contributed by atoms with Crippen LogP contribution in [0.4, 0.5) is 14.5 Å². The second kappa shape index (κ2) is 11.1. The highest BCUT2D eigenvalue weighted by molar-refractivity contribution is 9.10. The van der Waals surface area contributed by atoms with Gasteiger partial charge in [0.1, 0.15) is 17.5 Å². The fourth-order valence-corrected chi connectivity index (χ4v) is 6.24. The molecule has 2 aliphatic rings. The normalized spacial score (nSPS) is 18.6. The maximum atomic E-state index is 14.3. The number of amides is 1. The third-order valence-corrected chi connectivity index (χ3v) is 8.25. The van der Waals surface area contributed by atoms with Crippen LogP contribution >= 0.6 is 15.9 Å². The van der Waals surface area contributed by atoms with Gasteiger partial charge in [-0.15, -0.1) is 0 Å². The Morgan fingerprint density at radius 2 is 1.77 bits per heavy atom. The zero-order valence-corrected chi connectivity index (χ0v) is 23.2. The van der Waals surface area contributed by atoms with Crippen molar-refractivity contribution < 1.29 is 13.6 Å². The highest BCUT2D eigenvalue weighted by Crippen LogP contribution is 2.27. The third kappa shape index (κ3) is 5.43. The van der Waals surface area contributed by atoms with Gasteiger partial charge in [0.15, 0.2) is 0 Å².